The Balaban J connectivity index is 1.54. The Morgan fingerprint density at radius 1 is 1.23 bits per heavy atom. The number of aromatic nitrogens is 2. The van der Waals surface area contributed by atoms with Gasteiger partial charge in [-0.3, -0.25) is 9.59 Å². The number of halogens is 3. The Bertz CT molecular complexity index is 1200. The molecule has 0 unspecified atom stereocenters. The van der Waals surface area contributed by atoms with Crippen molar-refractivity contribution in [3.63, 3.8) is 0 Å². The van der Waals surface area contributed by atoms with E-state index < -0.39 is 23.7 Å². The Morgan fingerprint density at radius 2 is 2.00 bits per heavy atom. The molecule has 3 aromatic rings. The number of carbonyl (C=O) groups excluding carboxylic acids is 2. The van der Waals surface area contributed by atoms with Gasteiger partial charge in [0.25, 0.3) is 11.8 Å². The molecule has 2 aromatic carbocycles. The van der Waals surface area contributed by atoms with Crippen LogP contribution in [0.15, 0.2) is 53.1 Å². The Morgan fingerprint density at radius 3 is 2.71 bits per heavy atom. The third-order valence-electron chi connectivity index (χ3n) is 5.29. The molecular formula is C23H22F3N5O4. The van der Waals surface area contributed by atoms with Gasteiger partial charge in [0.15, 0.2) is 6.61 Å². The number of carbonyl (C=O) groups is 2. The average molecular weight is 489 g/mol. The maximum atomic E-state index is 13.5. The molecule has 0 aliphatic carbocycles. The van der Waals surface area contributed by atoms with E-state index in [2.05, 4.69) is 20.8 Å². The lowest BCUT2D eigenvalue weighted by molar-refractivity contribution is -0.138. The van der Waals surface area contributed by atoms with Crippen molar-refractivity contribution in [1.82, 2.24) is 20.4 Å². The fourth-order valence-corrected chi connectivity index (χ4v) is 3.67. The predicted octanol–water partition coefficient (Wildman–Crippen LogP) is 3.27. The molecular weight excluding hydrogens is 467 g/mol. The van der Waals surface area contributed by atoms with Crippen molar-refractivity contribution >= 4 is 17.5 Å². The molecule has 2 heterocycles. The van der Waals surface area contributed by atoms with Crippen LogP contribution in [0, 0.1) is 0 Å². The molecule has 2 amide bonds. The van der Waals surface area contributed by atoms with Crippen molar-refractivity contribution in [3.8, 4) is 17.1 Å². The summed E-state index contributed by atoms with van der Waals surface area (Å²) in [7, 11) is 0. The molecule has 0 spiro atoms. The van der Waals surface area contributed by atoms with Crippen LogP contribution >= 0.6 is 0 Å². The van der Waals surface area contributed by atoms with Crippen LogP contribution in [0.4, 0.5) is 18.9 Å². The number of ether oxygens (including phenoxy) is 1. The molecule has 0 radical (unpaired) electrons. The summed E-state index contributed by atoms with van der Waals surface area (Å²) < 4.78 is 51.5. The van der Waals surface area contributed by atoms with Gasteiger partial charge >= 0.3 is 6.18 Å². The summed E-state index contributed by atoms with van der Waals surface area (Å²) in [5.74, 6) is -0.357. The van der Waals surface area contributed by atoms with Crippen LogP contribution in [-0.4, -0.2) is 53.1 Å². The van der Waals surface area contributed by atoms with Crippen molar-refractivity contribution in [2.24, 2.45) is 0 Å². The normalized spacial score (nSPS) is 16.1. The summed E-state index contributed by atoms with van der Waals surface area (Å²) in [6, 6.07) is 11.6. The minimum Gasteiger partial charge on any atom is -0.484 e. The second kappa shape index (κ2) is 10.1. The van der Waals surface area contributed by atoms with E-state index in [1.807, 2.05) is 6.07 Å². The van der Waals surface area contributed by atoms with Crippen LogP contribution < -0.4 is 15.4 Å². The summed E-state index contributed by atoms with van der Waals surface area (Å²) in [5.41, 5.74) is -1.36. The Kier molecular flexibility index (Phi) is 7.01. The minimum atomic E-state index is -4.71. The van der Waals surface area contributed by atoms with Crippen molar-refractivity contribution < 1.29 is 32.0 Å². The lowest BCUT2D eigenvalue weighted by atomic mass is 10.1. The van der Waals surface area contributed by atoms with Gasteiger partial charge in [0, 0.05) is 32.1 Å². The molecule has 0 saturated carbocycles. The molecule has 184 valence electrons. The van der Waals surface area contributed by atoms with Gasteiger partial charge in [0.2, 0.25) is 11.7 Å². The van der Waals surface area contributed by atoms with Gasteiger partial charge < -0.3 is 24.8 Å². The largest absolute Gasteiger partial charge is 0.484 e. The summed E-state index contributed by atoms with van der Waals surface area (Å²) in [4.78, 5) is 29.9. The number of rotatable bonds is 6. The van der Waals surface area contributed by atoms with E-state index >= 15 is 0 Å². The standard InChI is InChI=1S/C23H22F3N5O4/c1-14(32)28-18-8-7-15(11-17(18)23(24,25)26)21-29-22(35-30-21)19-12-27-9-10-31(19)20(33)13-34-16-5-3-2-4-6-16/h2-8,11,19,27H,9-10,12-13H2,1H3,(H,28,32)/t19-/m1/s1. The molecule has 1 aliphatic heterocycles. The molecule has 4 rings (SSSR count). The minimum absolute atomic E-state index is 0.0514. The van der Waals surface area contributed by atoms with Crippen LogP contribution in [0.5, 0.6) is 5.75 Å². The van der Waals surface area contributed by atoms with E-state index in [1.54, 1.807) is 24.3 Å². The van der Waals surface area contributed by atoms with Gasteiger partial charge in [-0.2, -0.15) is 18.2 Å². The highest BCUT2D eigenvalue weighted by Gasteiger charge is 2.35. The molecule has 2 N–H and O–H groups in total. The molecule has 1 saturated heterocycles. The quantitative estimate of drug-likeness (QED) is 0.547. The lowest BCUT2D eigenvalue weighted by Gasteiger charge is -2.33. The fraction of sp³-hybridized carbons (Fsp3) is 0.304. The monoisotopic (exact) mass is 489 g/mol. The lowest BCUT2D eigenvalue weighted by Crippen LogP contribution is -2.50. The van der Waals surface area contributed by atoms with Gasteiger partial charge in [-0.1, -0.05) is 23.4 Å². The third kappa shape index (κ3) is 5.77. The molecule has 1 atom stereocenters. The van der Waals surface area contributed by atoms with Crippen molar-refractivity contribution in [3.05, 3.63) is 60.0 Å². The smallest absolute Gasteiger partial charge is 0.418 e. The second-order valence-electron chi connectivity index (χ2n) is 7.80. The number of hydrogen-bond acceptors (Lipinski definition) is 7. The predicted molar refractivity (Wildman–Crippen MR) is 118 cm³/mol. The van der Waals surface area contributed by atoms with Gasteiger partial charge in [0.1, 0.15) is 11.8 Å². The zero-order chi connectivity index (χ0) is 25.0. The highest BCUT2D eigenvalue weighted by atomic mass is 19.4. The van der Waals surface area contributed by atoms with E-state index in [9.17, 15) is 22.8 Å². The van der Waals surface area contributed by atoms with Crippen LogP contribution in [-0.2, 0) is 15.8 Å². The number of anilines is 1. The SMILES string of the molecule is CC(=O)Nc1ccc(-c2noc([C@H]3CNCCN3C(=O)COc3ccccc3)n2)cc1C(F)(F)F. The third-order valence-corrected chi connectivity index (χ3v) is 5.29. The molecule has 35 heavy (non-hydrogen) atoms. The first-order valence-electron chi connectivity index (χ1n) is 10.7. The highest BCUT2D eigenvalue weighted by Crippen LogP contribution is 2.37. The molecule has 1 aromatic heterocycles. The Hall–Kier alpha value is -3.93. The number of benzene rings is 2. The number of nitrogens with one attached hydrogen (secondary N) is 2. The average Bonchev–Trinajstić information content (AvgIpc) is 3.32. The first-order valence-corrected chi connectivity index (χ1v) is 10.7. The number of hydrogen-bond donors (Lipinski definition) is 2. The van der Waals surface area contributed by atoms with E-state index in [4.69, 9.17) is 9.26 Å². The number of amides is 2. The van der Waals surface area contributed by atoms with Crippen LogP contribution in [0.2, 0.25) is 0 Å². The molecule has 0 bridgehead atoms. The van der Waals surface area contributed by atoms with Crippen molar-refractivity contribution in [1.29, 1.82) is 0 Å². The summed E-state index contributed by atoms with van der Waals surface area (Å²) >= 11 is 0. The van der Waals surface area contributed by atoms with Crippen molar-refractivity contribution in [2.45, 2.75) is 19.1 Å². The van der Waals surface area contributed by atoms with E-state index in [1.165, 1.54) is 11.0 Å². The maximum Gasteiger partial charge on any atom is 0.418 e. The molecule has 1 aliphatic rings. The van der Waals surface area contributed by atoms with Crippen LogP contribution in [0.25, 0.3) is 11.4 Å². The molecule has 12 heteroatoms. The first kappa shape index (κ1) is 24.2. The Labute approximate surface area is 198 Å². The number of alkyl halides is 3. The maximum absolute atomic E-state index is 13.5. The van der Waals surface area contributed by atoms with Crippen LogP contribution in [0.1, 0.15) is 24.4 Å². The number of piperazine rings is 1. The van der Waals surface area contributed by atoms with E-state index in [0.717, 1.165) is 19.1 Å². The summed E-state index contributed by atoms with van der Waals surface area (Å²) in [6.07, 6.45) is -4.71. The van der Waals surface area contributed by atoms with Gasteiger partial charge in [0.05, 0.1) is 11.3 Å². The molecule has 9 nitrogen and oxygen atoms in total. The van der Waals surface area contributed by atoms with Crippen molar-refractivity contribution in [2.75, 3.05) is 31.6 Å². The van der Waals surface area contributed by atoms with Crippen LogP contribution in [0.3, 0.4) is 0 Å². The van der Waals surface area contributed by atoms with Gasteiger partial charge in [-0.15, -0.1) is 0 Å². The summed E-state index contributed by atoms with van der Waals surface area (Å²) in [6.45, 7) is 2.17. The van der Waals surface area contributed by atoms with E-state index in [-0.39, 0.29) is 35.5 Å². The zero-order valence-electron chi connectivity index (χ0n) is 18.6. The van der Waals surface area contributed by atoms with E-state index in [0.29, 0.717) is 25.4 Å². The van der Waals surface area contributed by atoms with Gasteiger partial charge in [-0.25, -0.2) is 0 Å². The molecule has 1 fully saturated rings. The summed E-state index contributed by atoms with van der Waals surface area (Å²) in [5, 5.41) is 9.14. The number of para-hydroxylation sites is 1. The first-order chi connectivity index (χ1) is 16.7. The number of nitrogens with zero attached hydrogens (tertiary/aromatic N) is 3. The second-order valence-corrected chi connectivity index (χ2v) is 7.80. The highest BCUT2D eigenvalue weighted by molar-refractivity contribution is 5.90. The van der Waals surface area contributed by atoms with Gasteiger partial charge in [-0.05, 0) is 30.3 Å². The fourth-order valence-electron chi connectivity index (χ4n) is 3.67. The zero-order valence-corrected chi connectivity index (χ0v) is 18.6. The topological polar surface area (TPSA) is 110 Å².